The molecule has 1 heterocycles. The van der Waals surface area contributed by atoms with Crippen molar-refractivity contribution in [3.63, 3.8) is 0 Å². The van der Waals surface area contributed by atoms with E-state index in [4.69, 9.17) is 16.2 Å². The van der Waals surface area contributed by atoms with E-state index >= 15 is 0 Å². The first-order valence-electron chi connectivity index (χ1n) is 6.96. The Morgan fingerprint density at radius 2 is 2.19 bits per heavy atom. The average Bonchev–Trinajstić information content (AvgIpc) is 2.89. The van der Waals surface area contributed by atoms with Crippen molar-refractivity contribution in [1.82, 2.24) is 9.97 Å². The second-order valence-corrected chi connectivity index (χ2v) is 5.35. The fourth-order valence-corrected chi connectivity index (χ4v) is 2.37. The Hall–Kier alpha value is -2.18. The maximum atomic E-state index is 12.1. The van der Waals surface area contributed by atoms with Crippen molar-refractivity contribution in [2.45, 2.75) is 39.0 Å². The lowest BCUT2D eigenvalue weighted by molar-refractivity contribution is -0.137. The summed E-state index contributed by atoms with van der Waals surface area (Å²) < 4.78 is 0. The monoisotopic (exact) mass is 294 g/mol. The number of carboxylic acid groups (broad SMARTS) is 1. The Morgan fingerprint density at radius 1 is 1.48 bits per heavy atom. The van der Waals surface area contributed by atoms with Crippen LogP contribution in [-0.4, -0.2) is 32.7 Å². The van der Waals surface area contributed by atoms with Crippen molar-refractivity contribution < 1.29 is 14.7 Å². The van der Waals surface area contributed by atoms with Crippen LogP contribution in [0.3, 0.4) is 0 Å². The van der Waals surface area contributed by atoms with Gasteiger partial charge in [-0.15, -0.1) is 0 Å². The van der Waals surface area contributed by atoms with Crippen molar-refractivity contribution in [3.05, 3.63) is 18.2 Å². The zero-order valence-electron chi connectivity index (χ0n) is 12.1. The predicted molar refractivity (Wildman–Crippen MR) is 78.2 cm³/mol. The van der Waals surface area contributed by atoms with Gasteiger partial charge in [0.15, 0.2) is 5.78 Å². The van der Waals surface area contributed by atoms with Crippen LogP contribution in [0.5, 0.6) is 0 Å². The molecule has 1 rings (SSSR count). The summed E-state index contributed by atoms with van der Waals surface area (Å²) in [6, 6.07) is 0. The van der Waals surface area contributed by atoms with Crippen LogP contribution in [0.15, 0.2) is 12.5 Å². The Balaban J connectivity index is 2.63. The number of nitrogens with zero attached hydrogens (tertiary/aromatic N) is 1. The fourth-order valence-electron chi connectivity index (χ4n) is 2.37. The summed E-state index contributed by atoms with van der Waals surface area (Å²) in [4.78, 5) is 29.3. The minimum Gasteiger partial charge on any atom is -0.481 e. The van der Waals surface area contributed by atoms with Gasteiger partial charge in [-0.05, 0) is 24.7 Å². The molecule has 2 unspecified atom stereocenters. The Bertz CT molecular complexity index is 484. The molecule has 0 aliphatic carbocycles. The Labute approximate surface area is 123 Å². The van der Waals surface area contributed by atoms with Crippen LogP contribution in [0.4, 0.5) is 0 Å². The van der Waals surface area contributed by atoms with Crippen molar-refractivity contribution in [1.29, 1.82) is 5.41 Å². The van der Waals surface area contributed by atoms with Crippen molar-refractivity contribution in [3.8, 4) is 0 Å². The molecule has 1 aromatic rings. The minimum atomic E-state index is -0.840. The van der Waals surface area contributed by atoms with Gasteiger partial charge in [-0.2, -0.15) is 0 Å². The first-order valence-corrected chi connectivity index (χ1v) is 6.96. The van der Waals surface area contributed by atoms with Crippen LogP contribution in [0, 0.1) is 17.2 Å². The molecule has 7 nitrogen and oxygen atoms in total. The van der Waals surface area contributed by atoms with E-state index in [1.54, 1.807) is 0 Å². The van der Waals surface area contributed by atoms with Crippen LogP contribution >= 0.6 is 0 Å². The highest BCUT2D eigenvalue weighted by atomic mass is 16.4. The molecule has 0 radical (unpaired) electrons. The number of rotatable bonds is 10. The lowest BCUT2D eigenvalue weighted by Gasteiger charge is -2.22. The van der Waals surface area contributed by atoms with Gasteiger partial charge in [0.05, 0.1) is 18.4 Å². The molecule has 7 heteroatoms. The number of nitrogens with two attached hydrogens (primary N) is 1. The maximum absolute atomic E-state index is 12.1. The number of imidazole rings is 1. The molecule has 5 N–H and O–H groups in total. The van der Waals surface area contributed by atoms with Gasteiger partial charge in [-0.25, -0.2) is 4.98 Å². The number of aliphatic carboxylic acids is 1. The second kappa shape index (κ2) is 8.18. The van der Waals surface area contributed by atoms with E-state index in [-0.39, 0.29) is 29.9 Å². The second-order valence-electron chi connectivity index (χ2n) is 5.35. The van der Waals surface area contributed by atoms with Crippen LogP contribution in [0.2, 0.25) is 0 Å². The SMILES string of the molecule is CC(CC(=N)N)C(CCCC(=O)O)CC(=O)c1cnc[nH]1. The highest BCUT2D eigenvalue weighted by Crippen LogP contribution is 2.26. The quantitative estimate of drug-likeness (QED) is 0.297. The van der Waals surface area contributed by atoms with Crippen LogP contribution < -0.4 is 5.73 Å². The average molecular weight is 294 g/mol. The van der Waals surface area contributed by atoms with E-state index in [1.807, 2.05) is 6.92 Å². The number of carbonyl (C=O) groups excluding carboxylic acids is 1. The summed E-state index contributed by atoms with van der Waals surface area (Å²) in [5.74, 6) is -0.747. The molecular formula is C14H22N4O3. The van der Waals surface area contributed by atoms with E-state index in [2.05, 4.69) is 9.97 Å². The topological polar surface area (TPSA) is 133 Å². The highest BCUT2D eigenvalue weighted by Gasteiger charge is 2.22. The van der Waals surface area contributed by atoms with Gasteiger partial charge < -0.3 is 15.8 Å². The standard InChI is InChI=1S/C14H22N4O3/c1-9(5-13(15)16)10(3-2-4-14(20)21)6-12(19)11-7-17-8-18-11/h7-10H,2-6H2,1H3,(H3,15,16)(H,17,18)(H,20,21). The number of H-pyrrole nitrogens is 1. The van der Waals surface area contributed by atoms with Gasteiger partial charge in [0.2, 0.25) is 0 Å². The molecule has 0 aliphatic heterocycles. The molecule has 2 atom stereocenters. The van der Waals surface area contributed by atoms with Crippen LogP contribution in [0.25, 0.3) is 0 Å². The number of nitrogens with one attached hydrogen (secondary N) is 2. The summed E-state index contributed by atoms with van der Waals surface area (Å²) in [7, 11) is 0. The molecule has 0 saturated carbocycles. The largest absolute Gasteiger partial charge is 0.481 e. The molecule has 0 amide bonds. The number of amidine groups is 1. The molecule has 116 valence electrons. The van der Waals surface area contributed by atoms with Gasteiger partial charge in [0.25, 0.3) is 0 Å². The molecule has 0 aromatic carbocycles. The van der Waals surface area contributed by atoms with E-state index in [0.29, 0.717) is 31.4 Å². The first kappa shape index (κ1) is 16.9. The third kappa shape index (κ3) is 6.20. The number of aromatic nitrogens is 2. The fraction of sp³-hybridized carbons (Fsp3) is 0.571. The Kier molecular flexibility index (Phi) is 6.58. The number of Topliss-reactive ketones (excluding diaryl/α,β-unsaturated/α-hetero) is 1. The number of carboxylic acids is 1. The number of aromatic amines is 1. The summed E-state index contributed by atoms with van der Waals surface area (Å²) in [5.41, 5.74) is 5.87. The van der Waals surface area contributed by atoms with Crippen LogP contribution in [-0.2, 0) is 4.79 Å². The van der Waals surface area contributed by atoms with Gasteiger partial charge in [-0.3, -0.25) is 15.0 Å². The third-order valence-corrected chi connectivity index (χ3v) is 3.56. The molecule has 1 aromatic heterocycles. The molecule has 0 spiro atoms. The molecule has 0 aliphatic rings. The third-order valence-electron chi connectivity index (χ3n) is 3.56. The van der Waals surface area contributed by atoms with Crippen molar-refractivity contribution in [2.75, 3.05) is 0 Å². The lowest BCUT2D eigenvalue weighted by atomic mass is 9.82. The van der Waals surface area contributed by atoms with Gasteiger partial charge in [0, 0.05) is 19.3 Å². The summed E-state index contributed by atoms with van der Waals surface area (Å²) in [6.45, 7) is 1.94. The zero-order chi connectivity index (χ0) is 15.8. The number of carbonyl (C=O) groups is 2. The normalized spacial score (nSPS) is 13.6. The molecular weight excluding hydrogens is 272 g/mol. The zero-order valence-corrected chi connectivity index (χ0v) is 12.1. The lowest BCUT2D eigenvalue weighted by Crippen LogP contribution is -2.22. The van der Waals surface area contributed by atoms with Gasteiger partial charge in [-0.1, -0.05) is 6.92 Å². The minimum absolute atomic E-state index is 0.00375. The molecule has 21 heavy (non-hydrogen) atoms. The Morgan fingerprint density at radius 3 is 2.71 bits per heavy atom. The highest BCUT2D eigenvalue weighted by molar-refractivity contribution is 5.94. The van der Waals surface area contributed by atoms with E-state index in [1.165, 1.54) is 12.5 Å². The first-order chi connectivity index (χ1) is 9.90. The van der Waals surface area contributed by atoms with E-state index < -0.39 is 5.97 Å². The van der Waals surface area contributed by atoms with E-state index in [0.717, 1.165) is 0 Å². The van der Waals surface area contributed by atoms with Crippen LogP contribution in [0.1, 0.15) is 49.5 Å². The molecule has 0 saturated heterocycles. The summed E-state index contributed by atoms with van der Waals surface area (Å²) in [6.07, 6.45) is 4.86. The number of hydrogen-bond acceptors (Lipinski definition) is 4. The smallest absolute Gasteiger partial charge is 0.303 e. The molecule has 0 bridgehead atoms. The van der Waals surface area contributed by atoms with Gasteiger partial charge >= 0.3 is 5.97 Å². The predicted octanol–water partition coefficient (Wildman–Crippen LogP) is 1.82. The number of ketones is 1. The summed E-state index contributed by atoms with van der Waals surface area (Å²) >= 11 is 0. The van der Waals surface area contributed by atoms with Gasteiger partial charge in [0.1, 0.15) is 5.69 Å². The van der Waals surface area contributed by atoms with E-state index in [9.17, 15) is 9.59 Å². The van der Waals surface area contributed by atoms with Crippen molar-refractivity contribution >= 4 is 17.6 Å². The van der Waals surface area contributed by atoms with Crippen molar-refractivity contribution in [2.24, 2.45) is 17.6 Å². The number of hydrogen-bond donors (Lipinski definition) is 4. The maximum Gasteiger partial charge on any atom is 0.303 e. The summed E-state index contributed by atoms with van der Waals surface area (Å²) in [5, 5.41) is 16.1. The molecule has 0 fully saturated rings.